The maximum atomic E-state index is 12.7. The molecule has 0 atom stereocenters. The van der Waals surface area contributed by atoms with Crippen molar-refractivity contribution in [3.63, 3.8) is 0 Å². The molecule has 0 bridgehead atoms. The maximum Gasteiger partial charge on any atom is 0.256 e. The molecule has 7 heteroatoms. The first-order chi connectivity index (χ1) is 14.0. The smallest absolute Gasteiger partial charge is 0.256 e. The van der Waals surface area contributed by atoms with E-state index in [1.54, 1.807) is 30.3 Å². The fraction of sp³-hybridized carbons (Fsp3) is 0.364. The van der Waals surface area contributed by atoms with Crippen LogP contribution < -0.4 is 10.6 Å². The second kappa shape index (κ2) is 10.9. The normalized spacial score (nSPS) is 14.4. The fourth-order valence-corrected chi connectivity index (χ4v) is 4.64. The summed E-state index contributed by atoms with van der Waals surface area (Å²) in [4.78, 5) is 25.7. The van der Waals surface area contributed by atoms with Crippen molar-refractivity contribution in [3.8, 4) is 0 Å². The van der Waals surface area contributed by atoms with E-state index >= 15 is 0 Å². The minimum Gasteiger partial charge on any atom is -0.355 e. The average Bonchev–Trinajstić information content (AvgIpc) is 2.75. The van der Waals surface area contributed by atoms with Crippen LogP contribution in [0.3, 0.4) is 0 Å². The molecule has 0 radical (unpaired) electrons. The summed E-state index contributed by atoms with van der Waals surface area (Å²) in [7, 11) is 0. The van der Waals surface area contributed by atoms with E-state index in [-0.39, 0.29) is 17.6 Å². The summed E-state index contributed by atoms with van der Waals surface area (Å²) >= 11 is 13.5. The summed E-state index contributed by atoms with van der Waals surface area (Å²) in [5.41, 5.74) is 0.947. The molecule has 0 aromatic heterocycles. The number of nitrogens with one attached hydrogen (secondary N) is 2. The van der Waals surface area contributed by atoms with Crippen molar-refractivity contribution in [2.24, 2.45) is 5.92 Å². The summed E-state index contributed by atoms with van der Waals surface area (Å²) < 4.78 is 0. The van der Waals surface area contributed by atoms with E-state index in [4.69, 9.17) is 23.2 Å². The van der Waals surface area contributed by atoms with Crippen LogP contribution in [0.2, 0.25) is 10.0 Å². The second-order valence-electron chi connectivity index (χ2n) is 7.15. The molecule has 1 fully saturated rings. The number of hydrogen-bond donors (Lipinski definition) is 2. The largest absolute Gasteiger partial charge is 0.355 e. The van der Waals surface area contributed by atoms with Crippen molar-refractivity contribution in [2.45, 2.75) is 37.0 Å². The summed E-state index contributed by atoms with van der Waals surface area (Å²) in [5, 5.41) is 6.50. The summed E-state index contributed by atoms with van der Waals surface area (Å²) in [6, 6.07) is 12.3. The highest BCUT2D eigenvalue weighted by molar-refractivity contribution is 8.00. The second-order valence-corrected chi connectivity index (χ2v) is 8.95. The Bertz CT molecular complexity index is 870. The van der Waals surface area contributed by atoms with Gasteiger partial charge in [0.15, 0.2) is 0 Å². The van der Waals surface area contributed by atoms with Crippen LogP contribution in [-0.2, 0) is 4.79 Å². The van der Waals surface area contributed by atoms with Gasteiger partial charge in [-0.15, -0.1) is 11.8 Å². The van der Waals surface area contributed by atoms with Crippen LogP contribution in [0.1, 0.15) is 42.5 Å². The fourth-order valence-electron chi connectivity index (χ4n) is 3.41. The number of carbonyl (C=O) groups is 2. The van der Waals surface area contributed by atoms with E-state index in [9.17, 15) is 9.59 Å². The Kier molecular flexibility index (Phi) is 8.28. The van der Waals surface area contributed by atoms with Crippen molar-refractivity contribution in [1.29, 1.82) is 0 Å². The molecular formula is C22H24Cl2N2O2S. The van der Waals surface area contributed by atoms with Gasteiger partial charge in [0.2, 0.25) is 5.91 Å². The monoisotopic (exact) mass is 450 g/mol. The number of benzene rings is 2. The third kappa shape index (κ3) is 6.39. The summed E-state index contributed by atoms with van der Waals surface area (Å²) in [6.45, 7) is 0.745. The highest BCUT2D eigenvalue weighted by atomic mass is 35.5. The lowest BCUT2D eigenvalue weighted by atomic mass is 9.89. The van der Waals surface area contributed by atoms with E-state index < -0.39 is 0 Å². The van der Waals surface area contributed by atoms with E-state index in [0.717, 1.165) is 11.4 Å². The molecule has 0 heterocycles. The number of halogens is 2. The van der Waals surface area contributed by atoms with Gasteiger partial charge in [-0.05, 0) is 43.0 Å². The first-order valence-electron chi connectivity index (χ1n) is 9.78. The Balaban J connectivity index is 1.57. The topological polar surface area (TPSA) is 58.2 Å². The number of amides is 2. The third-order valence-corrected chi connectivity index (χ3v) is 6.90. The van der Waals surface area contributed by atoms with Crippen molar-refractivity contribution in [2.75, 3.05) is 17.6 Å². The number of anilines is 1. The van der Waals surface area contributed by atoms with Gasteiger partial charge in [0, 0.05) is 11.4 Å². The number of carbonyl (C=O) groups excluding carboxylic acids is 2. The lowest BCUT2D eigenvalue weighted by molar-refractivity contribution is -0.118. The third-order valence-electron chi connectivity index (χ3n) is 5.00. The van der Waals surface area contributed by atoms with Crippen LogP contribution >= 0.6 is 35.0 Å². The molecule has 154 valence electrons. The minimum absolute atomic E-state index is 0.00586. The molecule has 0 saturated heterocycles. The van der Waals surface area contributed by atoms with Gasteiger partial charge in [-0.25, -0.2) is 0 Å². The molecule has 4 nitrogen and oxygen atoms in total. The zero-order chi connectivity index (χ0) is 20.6. The summed E-state index contributed by atoms with van der Waals surface area (Å²) in [6.07, 6.45) is 6.22. The van der Waals surface area contributed by atoms with E-state index in [2.05, 4.69) is 10.6 Å². The zero-order valence-electron chi connectivity index (χ0n) is 16.0. The SMILES string of the molecule is O=C(CSc1ccccc1C(=O)Nc1cccc(Cl)c1Cl)NCC1CCCCC1. The molecule has 2 aromatic rings. The van der Waals surface area contributed by atoms with Crippen LogP contribution in [0, 0.1) is 5.92 Å². The van der Waals surface area contributed by atoms with Crippen molar-refractivity contribution in [1.82, 2.24) is 5.32 Å². The van der Waals surface area contributed by atoms with E-state index in [0.29, 0.717) is 27.2 Å². The Morgan fingerprint density at radius 1 is 1.00 bits per heavy atom. The van der Waals surface area contributed by atoms with Gasteiger partial charge in [-0.2, -0.15) is 0 Å². The standard InChI is InChI=1S/C22H24Cl2N2O2S/c23-17-10-6-11-18(21(17)24)26-22(28)16-9-4-5-12-19(16)29-14-20(27)25-13-15-7-2-1-3-8-15/h4-6,9-12,15H,1-3,7-8,13-14H2,(H,25,27)(H,26,28). The van der Waals surface area contributed by atoms with Crippen LogP contribution in [0.15, 0.2) is 47.4 Å². The highest BCUT2D eigenvalue weighted by Gasteiger charge is 2.17. The molecule has 1 aliphatic rings. The van der Waals surface area contributed by atoms with Gasteiger partial charge in [-0.3, -0.25) is 9.59 Å². The Morgan fingerprint density at radius 2 is 1.76 bits per heavy atom. The molecule has 2 N–H and O–H groups in total. The summed E-state index contributed by atoms with van der Waals surface area (Å²) in [5.74, 6) is 0.571. The predicted octanol–water partition coefficient (Wildman–Crippen LogP) is 6.03. The zero-order valence-corrected chi connectivity index (χ0v) is 18.4. The molecular weight excluding hydrogens is 427 g/mol. The van der Waals surface area contributed by atoms with Crippen LogP contribution in [0.5, 0.6) is 0 Å². The average molecular weight is 451 g/mol. The van der Waals surface area contributed by atoms with Gasteiger partial charge in [0.25, 0.3) is 5.91 Å². The van der Waals surface area contributed by atoms with Crippen molar-refractivity contribution in [3.05, 3.63) is 58.1 Å². The van der Waals surface area contributed by atoms with Gasteiger partial charge < -0.3 is 10.6 Å². The molecule has 0 unspecified atom stereocenters. The Morgan fingerprint density at radius 3 is 2.55 bits per heavy atom. The quantitative estimate of drug-likeness (QED) is 0.505. The molecule has 0 aliphatic heterocycles. The molecule has 3 rings (SSSR count). The van der Waals surface area contributed by atoms with E-state index in [1.165, 1.54) is 43.9 Å². The lowest BCUT2D eigenvalue weighted by Gasteiger charge is -2.21. The number of thioether (sulfide) groups is 1. The highest BCUT2D eigenvalue weighted by Crippen LogP contribution is 2.31. The minimum atomic E-state index is -0.292. The molecule has 0 spiro atoms. The molecule has 2 amide bonds. The predicted molar refractivity (Wildman–Crippen MR) is 121 cm³/mol. The van der Waals surface area contributed by atoms with Crippen LogP contribution in [0.25, 0.3) is 0 Å². The van der Waals surface area contributed by atoms with Crippen LogP contribution in [0.4, 0.5) is 5.69 Å². The van der Waals surface area contributed by atoms with Crippen molar-refractivity contribution < 1.29 is 9.59 Å². The maximum absolute atomic E-state index is 12.7. The van der Waals surface area contributed by atoms with Crippen LogP contribution in [-0.4, -0.2) is 24.1 Å². The Hall–Kier alpha value is -1.69. The first-order valence-corrected chi connectivity index (χ1v) is 11.5. The molecule has 1 saturated carbocycles. The molecule has 29 heavy (non-hydrogen) atoms. The lowest BCUT2D eigenvalue weighted by Crippen LogP contribution is -2.31. The number of hydrogen-bond acceptors (Lipinski definition) is 3. The molecule has 2 aromatic carbocycles. The molecule has 1 aliphatic carbocycles. The first kappa shape index (κ1) is 22.0. The van der Waals surface area contributed by atoms with Crippen molar-refractivity contribution >= 4 is 52.5 Å². The number of rotatable bonds is 7. The van der Waals surface area contributed by atoms with Gasteiger partial charge in [0.05, 0.1) is 27.0 Å². The van der Waals surface area contributed by atoms with Gasteiger partial charge in [0.1, 0.15) is 0 Å². The van der Waals surface area contributed by atoms with Gasteiger partial charge in [-0.1, -0.05) is 60.7 Å². The Labute approximate surface area is 185 Å². The van der Waals surface area contributed by atoms with E-state index in [1.807, 2.05) is 12.1 Å². The van der Waals surface area contributed by atoms with Gasteiger partial charge >= 0.3 is 0 Å².